The third-order valence-electron chi connectivity index (χ3n) is 5.62. The molecular weight excluding hydrogens is 385 g/mol. The molecule has 0 aliphatic carbocycles. The van der Waals surface area contributed by atoms with E-state index in [4.69, 9.17) is 23.2 Å². The summed E-state index contributed by atoms with van der Waals surface area (Å²) in [7, 11) is 0. The Morgan fingerprint density at radius 2 is 1.96 bits per heavy atom. The maximum absolute atomic E-state index is 13.3. The van der Waals surface area contributed by atoms with Crippen molar-refractivity contribution in [2.45, 2.75) is 51.7 Å². The Morgan fingerprint density at radius 3 is 2.63 bits per heavy atom. The molecule has 0 radical (unpaired) electrons. The molecule has 0 spiro atoms. The fraction of sp³-hybridized carbons (Fsp3) is 0.600. The minimum atomic E-state index is -0.584. The summed E-state index contributed by atoms with van der Waals surface area (Å²) in [6.45, 7) is 8.74. The summed E-state index contributed by atoms with van der Waals surface area (Å²) in [4.78, 5) is 30.4. The van der Waals surface area contributed by atoms with Crippen LogP contribution in [-0.2, 0) is 4.79 Å². The number of nitrogens with one attached hydrogen (secondary N) is 1. The number of halogens is 2. The van der Waals surface area contributed by atoms with E-state index in [-0.39, 0.29) is 28.8 Å². The predicted octanol–water partition coefficient (Wildman–Crippen LogP) is 3.44. The number of rotatable bonds is 4. The standard InChI is InChI=1S/C20H27Cl2N3O2/c1-12(2)18(23-19(26)16-7-6-14(21)9-17(16)22)20(27)25-11-15-5-4-8-24(15)10-13(25)3/h6-7,9,12-13,15,18H,4-5,8,10-11H2,1-3H3,(H,23,26). The minimum Gasteiger partial charge on any atom is -0.340 e. The highest BCUT2D eigenvalue weighted by atomic mass is 35.5. The van der Waals surface area contributed by atoms with E-state index in [0.717, 1.165) is 26.1 Å². The normalized spacial score (nSPS) is 24.0. The third kappa shape index (κ3) is 4.41. The number of fused-ring (bicyclic) bond motifs is 1. The minimum absolute atomic E-state index is 0.0116. The predicted molar refractivity (Wildman–Crippen MR) is 108 cm³/mol. The van der Waals surface area contributed by atoms with Gasteiger partial charge in [-0.15, -0.1) is 0 Å². The monoisotopic (exact) mass is 411 g/mol. The summed E-state index contributed by atoms with van der Waals surface area (Å²) in [5, 5.41) is 3.65. The van der Waals surface area contributed by atoms with Crippen LogP contribution in [-0.4, -0.2) is 59.4 Å². The number of nitrogens with zero attached hydrogens (tertiary/aromatic N) is 2. The molecule has 2 aliphatic heterocycles. The number of carbonyl (C=O) groups is 2. The molecule has 3 unspecified atom stereocenters. The van der Waals surface area contributed by atoms with E-state index < -0.39 is 6.04 Å². The summed E-state index contributed by atoms with van der Waals surface area (Å²) in [5.74, 6) is -0.389. The lowest BCUT2D eigenvalue weighted by atomic mass is 9.99. The van der Waals surface area contributed by atoms with Crippen molar-refractivity contribution in [3.05, 3.63) is 33.8 Å². The molecule has 1 aromatic carbocycles. The van der Waals surface area contributed by atoms with Crippen LogP contribution in [0.3, 0.4) is 0 Å². The molecule has 2 aliphatic rings. The average Bonchev–Trinajstić information content (AvgIpc) is 3.05. The Morgan fingerprint density at radius 1 is 1.22 bits per heavy atom. The van der Waals surface area contributed by atoms with Crippen LogP contribution in [0.25, 0.3) is 0 Å². The SMILES string of the molecule is CC(C)C(NC(=O)c1ccc(Cl)cc1Cl)C(=O)N1CC2CCCN2CC1C. The molecule has 0 aromatic heterocycles. The van der Waals surface area contributed by atoms with Gasteiger partial charge in [0.1, 0.15) is 6.04 Å². The van der Waals surface area contributed by atoms with Crippen LogP contribution in [0.5, 0.6) is 0 Å². The number of hydrogen-bond acceptors (Lipinski definition) is 3. The maximum atomic E-state index is 13.3. The van der Waals surface area contributed by atoms with E-state index in [9.17, 15) is 9.59 Å². The Hall–Kier alpha value is -1.30. The Balaban J connectivity index is 1.74. The van der Waals surface area contributed by atoms with Crippen LogP contribution < -0.4 is 5.32 Å². The van der Waals surface area contributed by atoms with E-state index in [0.29, 0.717) is 16.6 Å². The first-order chi connectivity index (χ1) is 12.8. The number of piperazine rings is 1. The summed E-state index contributed by atoms with van der Waals surface area (Å²) < 4.78 is 0. The van der Waals surface area contributed by atoms with Crippen LogP contribution in [0.1, 0.15) is 44.0 Å². The first-order valence-corrected chi connectivity index (χ1v) is 10.3. The van der Waals surface area contributed by atoms with E-state index in [1.54, 1.807) is 12.1 Å². The molecule has 1 aromatic rings. The highest BCUT2D eigenvalue weighted by Crippen LogP contribution is 2.26. The van der Waals surface area contributed by atoms with Gasteiger partial charge in [-0.2, -0.15) is 0 Å². The highest BCUT2D eigenvalue weighted by Gasteiger charge is 2.39. The largest absolute Gasteiger partial charge is 0.340 e. The first kappa shape index (κ1) is 20.4. The molecular formula is C20H27Cl2N3O2. The van der Waals surface area contributed by atoms with Gasteiger partial charge in [0.2, 0.25) is 5.91 Å². The zero-order valence-corrected chi connectivity index (χ0v) is 17.6. The van der Waals surface area contributed by atoms with Crippen LogP contribution in [0.4, 0.5) is 0 Å². The number of amides is 2. The molecule has 2 amide bonds. The van der Waals surface area contributed by atoms with Gasteiger partial charge in [0.25, 0.3) is 5.91 Å². The molecule has 7 heteroatoms. The first-order valence-electron chi connectivity index (χ1n) is 9.58. The van der Waals surface area contributed by atoms with Crippen molar-refractivity contribution in [1.29, 1.82) is 0 Å². The summed E-state index contributed by atoms with van der Waals surface area (Å²) in [5.41, 5.74) is 0.327. The van der Waals surface area contributed by atoms with Gasteiger partial charge in [-0.25, -0.2) is 0 Å². The van der Waals surface area contributed by atoms with Crippen molar-refractivity contribution in [1.82, 2.24) is 15.1 Å². The van der Waals surface area contributed by atoms with Gasteiger partial charge < -0.3 is 10.2 Å². The highest BCUT2D eigenvalue weighted by molar-refractivity contribution is 6.36. The number of benzene rings is 1. The second-order valence-electron chi connectivity index (χ2n) is 7.95. The summed E-state index contributed by atoms with van der Waals surface area (Å²) in [6, 6.07) is 4.74. The molecule has 3 atom stereocenters. The summed E-state index contributed by atoms with van der Waals surface area (Å²) in [6.07, 6.45) is 2.33. The molecule has 2 saturated heterocycles. The maximum Gasteiger partial charge on any atom is 0.253 e. The molecule has 1 N–H and O–H groups in total. The van der Waals surface area contributed by atoms with E-state index in [2.05, 4.69) is 17.1 Å². The fourth-order valence-electron chi connectivity index (χ4n) is 4.08. The van der Waals surface area contributed by atoms with Gasteiger partial charge >= 0.3 is 0 Å². The smallest absolute Gasteiger partial charge is 0.253 e. The molecule has 0 saturated carbocycles. The Labute approximate surface area is 171 Å². The van der Waals surface area contributed by atoms with E-state index >= 15 is 0 Å². The fourth-order valence-corrected chi connectivity index (χ4v) is 4.57. The number of hydrogen-bond donors (Lipinski definition) is 1. The van der Waals surface area contributed by atoms with Crippen molar-refractivity contribution in [2.24, 2.45) is 5.92 Å². The van der Waals surface area contributed by atoms with Gasteiger partial charge in [-0.1, -0.05) is 37.0 Å². The lowest BCUT2D eigenvalue weighted by molar-refractivity contribution is -0.140. The quantitative estimate of drug-likeness (QED) is 0.825. The molecule has 27 heavy (non-hydrogen) atoms. The topological polar surface area (TPSA) is 52.7 Å². The Kier molecular flexibility index (Phi) is 6.34. The van der Waals surface area contributed by atoms with Crippen molar-refractivity contribution < 1.29 is 9.59 Å². The van der Waals surface area contributed by atoms with Crippen LogP contribution in [0.2, 0.25) is 10.0 Å². The zero-order valence-electron chi connectivity index (χ0n) is 16.0. The molecule has 5 nitrogen and oxygen atoms in total. The second kappa shape index (κ2) is 8.38. The molecule has 148 valence electrons. The zero-order chi connectivity index (χ0) is 19.7. The molecule has 3 rings (SSSR count). The van der Waals surface area contributed by atoms with Crippen molar-refractivity contribution in [3.8, 4) is 0 Å². The number of carbonyl (C=O) groups excluding carboxylic acids is 2. The van der Waals surface area contributed by atoms with Crippen LogP contribution in [0, 0.1) is 5.92 Å². The van der Waals surface area contributed by atoms with Gasteiger partial charge in [-0.05, 0) is 50.4 Å². The molecule has 2 heterocycles. The van der Waals surface area contributed by atoms with Crippen molar-refractivity contribution in [3.63, 3.8) is 0 Å². The van der Waals surface area contributed by atoms with Crippen molar-refractivity contribution in [2.75, 3.05) is 19.6 Å². The van der Waals surface area contributed by atoms with Gasteiger partial charge in [0.15, 0.2) is 0 Å². The third-order valence-corrected chi connectivity index (χ3v) is 6.16. The lowest BCUT2D eigenvalue weighted by Gasteiger charge is -2.44. The lowest BCUT2D eigenvalue weighted by Crippen LogP contribution is -2.61. The van der Waals surface area contributed by atoms with E-state index in [1.165, 1.54) is 12.5 Å². The van der Waals surface area contributed by atoms with Crippen LogP contribution in [0.15, 0.2) is 18.2 Å². The second-order valence-corrected chi connectivity index (χ2v) is 8.79. The van der Waals surface area contributed by atoms with Gasteiger partial charge in [0, 0.05) is 30.2 Å². The Bertz CT molecular complexity index is 725. The van der Waals surface area contributed by atoms with Crippen molar-refractivity contribution >= 4 is 35.0 Å². The molecule has 0 bridgehead atoms. The van der Waals surface area contributed by atoms with Gasteiger partial charge in [0.05, 0.1) is 10.6 Å². The summed E-state index contributed by atoms with van der Waals surface area (Å²) >= 11 is 12.1. The van der Waals surface area contributed by atoms with E-state index in [1.807, 2.05) is 18.7 Å². The molecule has 2 fully saturated rings. The van der Waals surface area contributed by atoms with Gasteiger partial charge in [-0.3, -0.25) is 14.5 Å². The van der Waals surface area contributed by atoms with Crippen LogP contribution >= 0.6 is 23.2 Å². The average molecular weight is 412 g/mol.